The van der Waals surface area contributed by atoms with Crippen LogP contribution in [-0.2, 0) is 4.79 Å². The highest BCUT2D eigenvalue weighted by Crippen LogP contribution is 2.27. The van der Waals surface area contributed by atoms with Crippen molar-refractivity contribution in [2.24, 2.45) is 10.9 Å². The molecule has 0 aromatic rings. The van der Waals surface area contributed by atoms with Crippen LogP contribution in [0, 0.1) is 5.92 Å². The summed E-state index contributed by atoms with van der Waals surface area (Å²) in [5.74, 6) is 2.07. The fraction of sp³-hybridized carbons (Fsp3) is 0.917. The Morgan fingerprint density at radius 1 is 1.00 bits per heavy atom. The average Bonchev–Trinajstić information content (AvgIpc) is 3.21. The maximum absolute atomic E-state index is 12.0. The van der Waals surface area contributed by atoms with Gasteiger partial charge in [-0.15, -0.1) is 24.0 Å². The molecular formula is C24H47IN6O. The Bertz CT molecular complexity index is 573. The van der Waals surface area contributed by atoms with E-state index in [4.69, 9.17) is 4.99 Å². The van der Waals surface area contributed by atoms with E-state index in [-0.39, 0.29) is 29.9 Å². The molecule has 1 atom stereocenters. The van der Waals surface area contributed by atoms with E-state index in [9.17, 15) is 4.79 Å². The van der Waals surface area contributed by atoms with E-state index < -0.39 is 0 Å². The highest BCUT2D eigenvalue weighted by atomic mass is 127. The van der Waals surface area contributed by atoms with E-state index in [2.05, 4.69) is 27.4 Å². The molecular weight excluding hydrogens is 515 g/mol. The van der Waals surface area contributed by atoms with Gasteiger partial charge in [0.05, 0.1) is 13.1 Å². The fourth-order valence-corrected chi connectivity index (χ4v) is 5.32. The van der Waals surface area contributed by atoms with Crippen molar-refractivity contribution in [3.8, 4) is 0 Å². The summed E-state index contributed by atoms with van der Waals surface area (Å²) in [6.07, 6.45) is 11.9. The maximum atomic E-state index is 12.0. The number of nitrogens with zero attached hydrogens (tertiary/aromatic N) is 4. The standard InChI is InChI=1S/C24H46N6O.HI/c1-4-25-24(27-21-12-15-29(16-13-21)19-23(31)28(2)3)26-17-22-11-8-14-30(22)18-20-9-6-5-7-10-20;/h20-22H,4-19H2,1-3H3,(H2,25,26,27);1H. The smallest absolute Gasteiger partial charge is 0.236 e. The van der Waals surface area contributed by atoms with Gasteiger partial charge < -0.3 is 15.5 Å². The van der Waals surface area contributed by atoms with Gasteiger partial charge in [0.15, 0.2) is 5.96 Å². The molecule has 2 aliphatic heterocycles. The number of nitrogens with one attached hydrogen (secondary N) is 2. The van der Waals surface area contributed by atoms with Gasteiger partial charge in [-0.3, -0.25) is 19.6 Å². The molecule has 7 nitrogen and oxygen atoms in total. The largest absolute Gasteiger partial charge is 0.357 e. The topological polar surface area (TPSA) is 63.2 Å². The van der Waals surface area contributed by atoms with Crippen LogP contribution in [0.5, 0.6) is 0 Å². The van der Waals surface area contributed by atoms with E-state index in [0.717, 1.165) is 50.9 Å². The number of likely N-dealkylation sites (N-methyl/N-ethyl adjacent to an activating group) is 1. The van der Waals surface area contributed by atoms with Crippen molar-refractivity contribution < 1.29 is 4.79 Å². The summed E-state index contributed by atoms with van der Waals surface area (Å²) >= 11 is 0. The lowest BCUT2D eigenvalue weighted by molar-refractivity contribution is -0.130. The van der Waals surface area contributed by atoms with Crippen molar-refractivity contribution in [2.45, 2.75) is 76.8 Å². The van der Waals surface area contributed by atoms with Gasteiger partial charge in [-0.1, -0.05) is 19.3 Å². The van der Waals surface area contributed by atoms with Gasteiger partial charge in [0, 0.05) is 52.4 Å². The molecule has 3 rings (SSSR count). The number of halogens is 1. The molecule has 186 valence electrons. The summed E-state index contributed by atoms with van der Waals surface area (Å²) in [4.78, 5) is 23.6. The van der Waals surface area contributed by atoms with E-state index in [1.165, 1.54) is 58.0 Å². The molecule has 3 aliphatic rings. The highest BCUT2D eigenvalue weighted by Gasteiger charge is 2.28. The first-order valence-electron chi connectivity index (χ1n) is 12.8. The van der Waals surface area contributed by atoms with Gasteiger partial charge in [-0.05, 0) is 57.9 Å². The molecule has 32 heavy (non-hydrogen) atoms. The van der Waals surface area contributed by atoms with Crippen molar-refractivity contribution >= 4 is 35.8 Å². The fourth-order valence-electron chi connectivity index (χ4n) is 5.32. The summed E-state index contributed by atoms with van der Waals surface area (Å²) in [6.45, 7) is 8.93. The van der Waals surface area contributed by atoms with Crippen molar-refractivity contribution in [3.05, 3.63) is 0 Å². The number of rotatable bonds is 8. The van der Waals surface area contributed by atoms with Crippen LogP contribution in [0.4, 0.5) is 0 Å². The summed E-state index contributed by atoms with van der Waals surface area (Å²) in [6, 6.07) is 1.04. The minimum atomic E-state index is 0. The van der Waals surface area contributed by atoms with Crippen LogP contribution in [0.3, 0.4) is 0 Å². The summed E-state index contributed by atoms with van der Waals surface area (Å²) in [5.41, 5.74) is 0. The first kappa shape index (κ1) is 27.6. The second-order valence-electron chi connectivity index (χ2n) is 10.00. The lowest BCUT2D eigenvalue weighted by Gasteiger charge is -2.33. The second-order valence-corrected chi connectivity index (χ2v) is 10.00. The van der Waals surface area contributed by atoms with Crippen LogP contribution in [-0.4, -0.2) is 98.6 Å². The molecule has 0 bridgehead atoms. The van der Waals surface area contributed by atoms with Crippen LogP contribution >= 0.6 is 24.0 Å². The summed E-state index contributed by atoms with van der Waals surface area (Å²) in [5, 5.41) is 7.13. The summed E-state index contributed by atoms with van der Waals surface area (Å²) in [7, 11) is 3.66. The molecule has 1 amide bonds. The van der Waals surface area contributed by atoms with Crippen LogP contribution in [0.25, 0.3) is 0 Å². The number of aliphatic imine (C=N–C) groups is 1. The Hall–Kier alpha value is -0.610. The number of piperidine rings is 1. The van der Waals surface area contributed by atoms with Crippen molar-refractivity contribution in [3.63, 3.8) is 0 Å². The second kappa shape index (κ2) is 14.6. The van der Waals surface area contributed by atoms with Crippen molar-refractivity contribution in [1.29, 1.82) is 0 Å². The van der Waals surface area contributed by atoms with Gasteiger partial charge in [0.25, 0.3) is 0 Å². The zero-order valence-corrected chi connectivity index (χ0v) is 23.0. The molecule has 1 saturated carbocycles. The highest BCUT2D eigenvalue weighted by molar-refractivity contribution is 14.0. The lowest BCUT2D eigenvalue weighted by atomic mass is 9.89. The third-order valence-electron chi connectivity index (χ3n) is 7.31. The van der Waals surface area contributed by atoms with E-state index in [0.29, 0.717) is 18.6 Å². The first-order valence-corrected chi connectivity index (χ1v) is 12.8. The Balaban J connectivity index is 0.00000363. The zero-order valence-electron chi connectivity index (χ0n) is 20.7. The van der Waals surface area contributed by atoms with Crippen LogP contribution in [0.15, 0.2) is 4.99 Å². The number of hydrogen-bond donors (Lipinski definition) is 2. The van der Waals surface area contributed by atoms with Gasteiger partial charge in [0.1, 0.15) is 0 Å². The number of hydrogen-bond acceptors (Lipinski definition) is 4. The van der Waals surface area contributed by atoms with Gasteiger partial charge in [0.2, 0.25) is 5.91 Å². The number of carbonyl (C=O) groups excluding carboxylic acids is 1. The molecule has 1 aliphatic carbocycles. The monoisotopic (exact) mass is 562 g/mol. The van der Waals surface area contributed by atoms with Crippen molar-refractivity contribution in [2.75, 3.05) is 59.9 Å². The quantitative estimate of drug-likeness (QED) is 0.271. The average molecular weight is 563 g/mol. The molecule has 2 heterocycles. The van der Waals surface area contributed by atoms with Gasteiger partial charge in [-0.2, -0.15) is 0 Å². The first-order chi connectivity index (χ1) is 15.0. The number of carbonyl (C=O) groups is 1. The van der Waals surface area contributed by atoms with Crippen molar-refractivity contribution in [1.82, 2.24) is 25.3 Å². The van der Waals surface area contributed by atoms with Gasteiger partial charge in [-0.25, -0.2) is 0 Å². The number of amides is 1. The SMILES string of the molecule is CCNC(=NCC1CCCN1CC1CCCCC1)NC1CCN(CC(=O)N(C)C)CC1.I. The zero-order chi connectivity index (χ0) is 22.1. The van der Waals surface area contributed by atoms with E-state index in [1.54, 1.807) is 4.90 Å². The molecule has 8 heteroatoms. The van der Waals surface area contributed by atoms with E-state index in [1.807, 2.05) is 14.1 Å². The predicted octanol–water partition coefficient (Wildman–Crippen LogP) is 2.76. The van der Waals surface area contributed by atoms with E-state index >= 15 is 0 Å². The Morgan fingerprint density at radius 2 is 1.72 bits per heavy atom. The normalized spacial score (nSPS) is 24.2. The molecule has 1 unspecified atom stereocenters. The van der Waals surface area contributed by atoms with Crippen LogP contribution in [0.2, 0.25) is 0 Å². The molecule has 0 aromatic carbocycles. The molecule has 0 aromatic heterocycles. The molecule has 2 saturated heterocycles. The van der Waals surface area contributed by atoms with Gasteiger partial charge >= 0.3 is 0 Å². The minimum absolute atomic E-state index is 0. The molecule has 2 N–H and O–H groups in total. The summed E-state index contributed by atoms with van der Waals surface area (Å²) < 4.78 is 0. The molecule has 3 fully saturated rings. The molecule has 0 radical (unpaired) electrons. The Morgan fingerprint density at radius 3 is 2.38 bits per heavy atom. The number of guanidine groups is 1. The number of likely N-dealkylation sites (tertiary alicyclic amines) is 2. The Kier molecular flexibility index (Phi) is 12.6. The minimum Gasteiger partial charge on any atom is -0.357 e. The van der Waals surface area contributed by atoms with Crippen LogP contribution < -0.4 is 10.6 Å². The lowest BCUT2D eigenvalue weighted by Crippen LogP contribution is -2.50. The third kappa shape index (κ3) is 8.97. The molecule has 0 spiro atoms. The maximum Gasteiger partial charge on any atom is 0.236 e. The van der Waals surface area contributed by atoms with Crippen LogP contribution in [0.1, 0.15) is 64.7 Å². The predicted molar refractivity (Wildman–Crippen MR) is 144 cm³/mol. The Labute approximate surface area is 213 Å². The third-order valence-corrected chi connectivity index (χ3v) is 7.31.